The molecular weight excluding hydrogens is 291 g/mol. The van der Waals surface area contributed by atoms with Gasteiger partial charge < -0.3 is 21.5 Å². The van der Waals surface area contributed by atoms with Gasteiger partial charge in [0.25, 0.3) is 11.8 Å². The van der Waals surface area contributed by atoms with Crippen molar-refractivity contribution in [1.29, 1.82) is 0 Å². The van der Waals surface area contributed by atoms with E-state index >= 15 is 0 Å². The molecule has 1 atom stereocenters. The summed E-state index contributed by atoms with van der Waals surface area (Å²) in [6.45, 7) is 0.243. The third-order valence-electron chi connectivity index (χ3n) is 2.55. The van der Waals surface area contributed by atoms with E-state index in [0.29, 0.717) is 6.92 Å². The molecule has 1 rings (SSSR count). The van der Waals surface area contributed by atoms with E-state index in [1.54, 1.807) is 0 Å². The van der Waals surface area contributed by atoms with E-state index in [9.17, 15) is 22.8 Å². The highest BCUT2D eigenvalue weighted by molar-refractivity contribution is 5.98. The maximum absolute atomic E-state index is 12.6. The zero-order chi connectivity index (χ0) is 16.3. The van der Waals surface area contributed by atoms with E-state index in [1.165, 1.54) is 24.3 Å². The van der Waals surface area contributed by atoms with Gasteiger partial charge in [-0.3, -0.25) is 9.59 Å². The average Bonchev–Trinajstić information content (AvgIpc) is 2.36. The Morgan fingerprint density at radius 2 is 1.76 bits per heavy atom. The second kappa shape index (κ2) is 6.00. The summed E-state index contributed by atoms with van der Waals surface area (Å²) in [7, 11) is 0. The van der Waals surface area contributed by atoms with Gasteiger partial charge in [0.05, 0.1) is 0 Å². The topological polar surface area (TPSA) is 107 Å². The largest absolute Gasteiger partial charge is 0.484 e. The summed E-state index contributed by atoms with van der Waals surface area (Å²) in [5.74, 6) is -1.78. The molecule has 1 unspecified atom stereocenters. The van der Waals surface area contributed by atoms with Crippen LogP contribution in [0.3, 0.4) is 0 Å². The zero-order valence-corrected chi connectivity index (χ0v) is 11.0. The Balaban J connectivity index is 2.72. The lowest BCUT2D eigenvalue weighted by Crippen LogP contribution is -2.59. The van der Waals surface area contributed by atoms with Crippen molar-refractivity contribution < 1.29 is 27.5 Å². The predicted octanol–water partition coefficient (Wildman–Crippen LogP) is 0.769. The number of benzene rings is 1. The SMILES string of the molecule is CC(N)(C(=O)Nc1ccc(OCC(N)=O)cc1)C(F)(F)F. The van der Waals surface area contributed by atoms with Crippen molar-refractivity contribution in [3.8, 4) is 5.75 Å². The molecule has 0 fully saturated rings. The fraction of sp³-hybridized carbons (Fsp3) is 0.333. The molecule has 116 valence electrons. The van der Waals surface area contributed by atoms with Crippen LogP contribution in [0.25, 0.3) is 0 Å². The maximum atomic E-state index is 12.6. The van der Waals surface area contributed by atoms with Crippen LogP contribution in [-0.4, -0.2) is 30.1 Å². The van der Waals surface area contributed by atoms with E-state index < -0.39 is 23.5 Å². The lowest BCUT2D eigenvalue weighted by atomic mass is 10.0. The van der Waals surface area contributed by atoms with E-state index in [0.717, 1.165) is 0 Å². The molecule has 1 aromatic carbocycles. The number of amides is 2. The van der Waals surface area contributed by atoms with Crippen molar-refractivity contribution in [2.24, 2.45) is 11.5 Å². The molecule has 0 saturated carbocycles. The average molecular weight is 305 g/mol. The maximum Gasteiger partial charge on any atom is 0.415 e. The third kappa shape index (κ3) is 4.35. The molecule has 0 aromatic heterocycles. The minimum atomic E-state index is -4.87. The fourth-order valence-corrected chi connectivity index (χ4v) is 1.18. The van der Waals surface area contributed by atoms with Gasteiger partial charge in [0.15, 0.2) is 12.1 Å². The van der Waals surface area contributed by atoms with Crippen LogP contribution in [0.15, 0.2) is 24.3 Å². The van der Waals surface area contributed by atoms with Crippen LogP contribution in [0.4, 0.5) is 18.9 Å². The number of nitrogens with one attached hydrogen (secondary N) is 1. The summed E-state index contributed by atoms with van der Waals surface area (Å²) in [5, 5.41) is 2.05. The monoisotopic (exact) mass is 305 g/mol. The molecule has 9 heteroatoms. The van der Waals surface area contributed by atoms with Crippen LogP contribution >= 0.6 is 0 Å². The first-order valence-electron chi connectivity index (χ1n) is 5.72. The zero-order valence-electron chi connectivity index (χ0n) is 11.0. The van der Waals surface area contributed by atoms with Crippen LogP contribution in [0, 0.1) is 0 Å². The van der Waals surface area contributed by atoms with Gasteiger partial charge in [0, 0.05) is 5.69 Å². The minimum absolute atomic E-state index is 0.104. The number of primary amides is 1. The molecule has 0 heterocycles. The van der Waals surface area contributed by atoms with Crippen LogP contribution in [0.5, 0.6) is 5.75 Å². The van der Waals surface area contributed by atoms with Crippen LogP contribution < -0.4 is 21.5 Å². The molecule has 0 bridgehead atoms. The summed E-state index contributed by atoms with van der Waals surface area (Å²) in [4.78, 5) is 22.0. The van der Waals surface area contributed by atoms with Gasteiger partial charge in [0.1, 0.15) is 5.75 Å². The summed E-state index contributed by atoms with van der Waals surface area (Å²) < 4.78 is 42.7. The van der Waals surface area contributed by atoms with Crippen LogP contribution in [-0.2, 0) is 9.59 Å². The van der Waals surface area contributed by atoms with Gasteiger partial charge >= 0.3 is 6.18 Å². The normalized spacial score (nSPS) is 14.1. The summed E-state index contributed by atoms with van der Waals surface area (Å²) in [6, 6.07) is 5.33. The Hall–Kier alpha value is -2.29. The van der Waals surface area contributed by atoms with E-state index in [1.807, 2.05) is 5.32 Å². The molecule has 0 saturated heterocycles. The van der Waals surface area contributed by atoms with Gasteiger partial charge in [-0.15, -0.1) is 0 Å². The number of ether oxygens (including phenoxy) is 1. The molecule has 21 heavy (non-hydrogen) atoms. The van der Waals surface area contributed by atoms with Crippen molar-refractivity contribution in [1.82, 2.24) is 0 Å². The van der Waals surface area contributed by atoms with Crippen molar-refractivity contribution in [2.45, 2.75) is 18.6 Å². The Morgan fingerprint density at radius 1 is 1.24 bits per heavy atom. The number of carbonyl (C=O) groups is 2. The van der Waals surface area contributed by atoms with Gasteiger partial charge in [-0.1, -0.05) is 0 Å². The Kier molecular flexibility index (Phi) is 4.79. The van der Waals surface area contributed by atoms with Crippen molar-refractivity contribution in [3.63, 3.8) is 0 Å². The van der Waals surface area contributed by atoms with E-state index in [2.05, 4.69) is 0 Å². The Morgan fingerprint density at radius 3 is 2.19 bits per heavy atom. The molecule has 0 aliphatic rings. The first kappa shape index (κ1) is 16.8. The van der Waals surface area contributed by atoms with E-state index in [4.69, 9.17) is 16.2 Å². The molecule has 0 aliphatic heterocycles. The number of halogens is 3. The second-order valence-electron chi connectivity index (χ2n) is 4.43. The smallest absolute Gasteiger partial charge is 0.415 e. The van der Waals surface area contributed by atoms with Crippen molar-refractivity contribution >= 4 is 17.5 Å². The molecule has 2 amide bonds. The lowest BCUT2D eigenvalue weighted by Gasteiger charge is -2.26. The minimum Gasteiger partial charge on any atom is -0.484 e. The number of rotatable bonds is 5. The predicted molar refractivity (Wildman–Crippen MR) is 68.4 cm³/mol. The van der Waals surface area contributed by atoms with Crippen LogP contribution in [0.2, 0.25) is 0 Å². The number of hydrogen-bond acceptors (Lipinski definition) is 4. The second-order valence-corrected chi connectivity index (χ2v) is 4.43. The Labute approximate surface area is 118 Å². The molecule has 5 N–H and O–H groups in total. The standard InChI is InChI=1S/C12H14F3N3O3/c1-11(17,12(13,14)15)10(20)18-7-2-4-8(5-3-7)21-6-9(16)19/h2-5H,6,17H2,1H3,(H2,16,19)(H,18,20). The molecule has 0 radical (unpaired) electrons. The van der Waals surface area contributed by atoms with Crippen molar-refractivity contribution in [2.75, 3.05) is 11.9 Å². The molecular formula is C12H14F3N3O3. The lowest BCUT2D eigenvalue weighted by molar-refractivity contribution is -0.184. The highest BCUT2D eigenvalue weighted by atomic mass is 19.4. The molecule has 6 nitrogen and oxygen atoms in total. The first-order valence-corrected chi connectivity index (χ1v) is 5.72. The van der Waals surface area contributed by atoms with Gasteiger partial charge in [-0.05, 0) is 31.2 Å². The van der Waals surface area contributed by atoms with Gasteiger partial charge in [-0.25, -0.2) is 0 Å². The highest BCUT2D eigenvalue weighted by Gasteiger charge is 2.53. The molecule has 1 aromatic rings. The van der Waals surface area contributed by atoms with Crippen LogP contribution in [0.1, 0.15) is 6.92 Å². The first-order chi connectivity index (χ1) is 9.54. The summed E-state index contributed by atoms with van der Waals surface area (Å²) in [5.41, 5.74) is 6.96. The van der Waals surface area contributed by atoms with Gasteiger partial charge in [0.2, 0.25) is 0 Å². The number of anilines is 1. The molecule has 0 spiro atoms. The number of alkyl halides is 3. The highest BCUT2D eigenvalue weighted by Crippen LogP contribution is 2.29. The number of nitrogens with two attached hydrogens (primary N) is 2. The van der Waals surface area contributed by atoms with E-state index in [-0.39, 0.29) is 18.0 Å². The quantitative estimate of drug-likeness (QED) is 0.746. The summed E-state index contributed by atoms with van der Waals surface area (Å²) in [6.07, 6.45) is -4.87. The fourth-order valence-electron chi connectivity index (χ4n) is 1.18. The molecule has 0 aliphatic carbocycles. The summed E-state index contributed by atoms with van der Waals surface area (Å²) >= 11 is 0. The number of carbonyl (C=O) groups excluding carboxylic acids is 2. The third-order valence-corrected chi connectivity index (χ3v) is 2.55. The van der Waals surface area contributed by atoms with Gasteiger partial charge in [-0.2, -0.15) is 13.2 Å². The Bertz CT molecular complexity index is 527. The van der Waals surface area contributed by atoms with Crippen molar-refractivity contribution in [3.05, 3.63) is 24.3 Å². The number of hydrogen-bond donors (Lipinski definition) is 3.